The Labute approximate surface area is 76.1 Å². The van der Waals surface area contributed by atoms with Crippen molar-refractivity contribution in [1.29, 1.82) is 0 Å². The number of rotatable bonds is 8. The Balaban J connectivity index is 3.19. The molecule has 0 amide bonds. The molecule has 3 heteroatoms. The molecule has 0 aromatic carbocycles. The molecule has 0 saturated heterocycles. The molecule has 0 spiro atoms. The van der Waals surface area contributed by atoms with Crippen LogP contribution in [0.2, 0.25) is 0 Å². The van der Waals surface area contributed by atoms with Crippen molar-refractivity contribution < 1.29 is 0 Å². The Morgan fingerprint density at radius 1 is 1.25 bits per heavy atom. The molecular weight excluding hydrogens is 150 g/mol. The standard InChI is InChI=1S/C9H23N3/c1-3-9(11-4-2)7-5-6-8-12-10/h9,11-12H,3-8,10H2,1-2H3. The predicted molar refractivity (Wildman–Crippen MR) is 53.8 cm³/mol. The van der Waals surface area contributed by atoms with Crippen LogP contribution < -0.4 is 16.6 Å². The number of unbranched alkanes of at least 4 members (excludes halogenated alkanes) is 1. The van der Waals surface area contributed by atoms with Crippen molar-refractivity contribution in [3.63, 3.8) is 0 Å². The normalized spacial score (nSPS) is 13.2. The van der Waals surface area contributed by atoms with Gasteiger partial charge in [0.15, 0.2) is 0 Å². The molecule has 0 aliphatic heterocycles. The fraction of sp³-hybridized carbons (Fsp3) is 1.00. The number of hydrogen-bond acceptors (Lipinski definition) is 3. The van der Waals surface area contributed by atoms with Gasteiger partial charge >= 0.3 is 0 Å². The van der Waals surface area contributed by atoms with Gasteiger partial charge in [-0.05, 0) is 25.8 Å². The second-order valence-electron chi connectivity index (χ2n) is 3.11. The minimum Gasteiger partial charge on any atom is -0.314 e. The Morgan fingerprint density at radius 2 is 2.00 bits per heavy atom. The zero-order valence-corrected chi connectivity index (χ0v) is 8.40. The third-order valence-electron chi connectivity index (χ3n) is 2.11. The lowest BCUT2D eigenvalue weighted by molar-refractivity contribution is 0.456. The Bertz CT molecular complexity index is 85.8. The number of hydrazine groups is 1. The number of nitrogens with two attached hydrogens (primary N) is 1. The van der Waals surface area contributed by atoms with Gasteiger partial charge in [-0.3, -0.25) is 11.3 Å². The van der Waals surface area contributed by atoms with Gasteiger partial charge in [0, 0.05) is 12.6 Å². The van der Waals surface area contributed by atoms with Gasteiger partial charge in [0.2, 0.25) is 0 Å². The highest BCUT2D eigenvalue weighted by Gasteiger charge is 2.02. The van der Waals surface area contributed by atoms with Crippen LogP contribution in [0.15, 0.2) is 0 Å². The molecule has 0 rings (SSSR count). The molecule has 1 atom stereocenters. The van der Waals surface area contributed by atoms with E-state index in [1.807, 2.05) is 0 Å². The summed E-state index contributed by atoms with van der Waals surface area (Å²) in [6.07, 6.45) is 4.93. The van der Waals surface area contributed by atoms with Crippen LogP contribution in [0.25, 0.3) is 0 Å². The zero-order chi connectivity index (χ0) is 9.23. The van der Waals surface area contributed by atoms with E-state index in [1.54, 1.807) is 0 Å². The molecule has 12 heavy (non-hydrogen) atoms. The van der Waals surface area contributed by atoms with Gasteiger partial charge in [-0.15, -0.1) is 0 Å². The summed E-state index contributed by atoms with van der Waals surface area (Å²) in [5.74, 6) is 5.17. The van der Waals surface area contributed by atoms with Gasteiger partial charge in [-0.2, -0.15) is 0 Å². The van der Waals surface area contributed by atoms with Crippen molar-refractivity contribution in [2.45, 2.75) is 45.6 Å². The fourth-order valence-corrected chi connectivity index (χ4v) is 1.36. The maximum atomic E-state index is 5.17. The molecule has 0 heterocycles. The predicted octanol–water partition coefficient (Wildman–Crippen LogP) is 1.01. The summed E-state index contributed by atoms with van der Waals surface area (Å²) in [5.41, 5.74) is 2.67. The number of hydrogen-bond donors (Lipinski definition) is 3. The quantitative estimate of drug-likeness (QED) is 0.292. The van der Waals surface area contributed by atoms with Gasteiger partial charge in [-0.25, -0.2) is 0 Å². The third-order valence-corrected chi connectivity index (χ3v) is 2.11. The lowest BCUT2D eigenvalue weighted by Gasteiger charge is -2.14. The summed E-state index contributed by atoms with van der Waals surface area (Å²) in [5, 5.41) is 3.46. The van der Waals surface area contributed by atoms with Crippen LogP contribution in [-0.2, 0) is 0 Å². The minimum absolute atomic E-state index is 0.702. The molecule has 0 saturated carbocycles. The third kappa shape index (κ3) is 6.58. The minimum atomic E-state index is 0.702. The summed E-state index contributed by atoms with van der Waals surface area (Å²) >= 11 is 0. The smallest absolute Gasteiger partial charge is 0.00974 e. The average molecular weight is 173 g/mol. The van der Waals surface area contributed by atoms with Crippen LogP contribution >= 0.6 is 0 Å². The second-order valence-corrected chi connectivity index (χ2v) is 3.11. The van der Waals surface area contributed by atoms with Crippen molar-refractivity contribution in [3.8, 4) is 0 Å². The lowest BCUT2D eigenvalue weighted by atomic mass is 10.1. The van der Waals surface area contributed by atoms with E-state index in [9.17, 15) is 0 Å². The second kappa shape index (κ2) is 8.97. The van der Waals surface area contributed by atoms with E-state index in [-0.39, 0.29) is 0 Å². The summed E-state index contributed by atoms with van der Waals surface area (Å²) in [7, 11) is 0. The largest absolute Gasteiger partial charge is 0.314 e. The average Bonchev–Trinajstić information content (AvgIpc) is 2.10. The van der Waals surface area contributed by atoms with E-state index in [2.05, 4.69) is 24.6 Å². The first-order valence-corrected chi connectivity index (χ1v) is 5.02. The Morgan fingerprint density at radius 3 is 2.50 bits per heavy atom. The molecule has 0 aliphatic carbocycles. The highest BCUT2D eigenvalue weighted by atomic mass is 15.2. The van der Waals surface area contributed by atoms with Crippen molar-refractivity contribution in [1.82, 2.24) is 10.7 Å². The molecular formula is C9H23N3. The van der Waals surface area contributed by atoms with Gasteiger partial charge in [0.25, 0.3) is 0 Å². The van der Waals surface area contributed by atoms with Crippen LogP contribution in [0.5, 0.6) is 0 Å². The summed E-state index contributed by atoms with van der Waals surface area (Å²) in [6.45, 7) is 6.40. The van der Waals surface area contributed by atoms with E-state index in [0.29, 0.717) is 6.04 Å². The summed E-state index contributed by atoms with van der Waals surface area (Å²) in [6, 6.07) is 0.702. The van der Waals surface area contributed by atoms with Crippen molar-refractivity contribution in [2.75, 3.05) is 13.1 Å². The molecule has 0 aromatic heterocycles. The van der Waals surface area contributed by atoms with E-state index in [4.69, 9.17) is 5.84 Å². The molecule has 74 valence electrons. The van der Waals surface area contributed by atoms with E-state index < -0.39 is 0 Å². The molecule has 1 unspecified atom stereocenters. The molecule has 0 fully saturated rings. The van der Waals surface area contributed by atoms with E-state index in [0.717, 1.165) is 13.1 Å². The highest BCUT2D eigenvalue weighted by molar-refractivity contribution is 4.63. The molecule has 3 nitrogen and oxygen atoms in total. The Kier molecular flexibility index (Phi) is 8.88. The molecule has 0 aliphatic rings. The highest BCUT2D eigenvalue weighted by Crippen LogP contribution is 2.03. The van der Waals surface area contributed by atoms with Gasteiger partial charge in [0.05, 0.1) is 0 Å². The zero-order valence-electron chi connectivity index (χ0n) is 8.40. The van der Waals surface area contributed by atoms with Crippen LogP contribution in [0.1, 0.15) is 39.5 Å². The molecule has 0 aromatic rings. The fourth-order valence-electron chi connectivity index (χ4n) is 1.36. The van der Waals surface area contributed by atoms with Crippen LogP contribution in [0.3, 0.4) is 0 Å². The first kappa shape index (κ1) is 11.9. The topological polar surface area (TPSA) is 50.1 Å². The monoisotopic (exact) mass is 173 g/mol. The van der Waals surface area contributed by atoms with Crippen molar-refractivity contribution >= 4 is 0 Å². The van der Waals surface area contributed by atoms with E-state index in [1.165, 1.54) is 25.7 Å². The van der Waals surface area contributed by atoms with Crippen LogP contribution in [0, 0.1) is 0 Å². The van der Waals surface area contributed by atoms with Crippen molar-refractivity contribution in [3.05, 3.63) is 0 Å². The SMILES string of the molecule is CCNC(CC)CCCCNN. The van der Waals surface area contributed by atoms with Crippen LogP contribution in [-0.4, -0.2) is 19.1 Å². The van der Waals surface area contributed by atoms with Crippen molar-refractivity contribution in [2.24, 2.45) is 5.84 Å². The Hall–Kier alpha value is -0.120. The van der Waals surface area contributed by atoms with Crippen LogP contribution in [0.4, 0.5) is 0 Å². The molecule has 4 N–H and O–H groups in total. The first-order valence-electron chi connectivity index (χ1n) is 5.02. The van der Waals surface area contributed by atoms with Gasteiger partial charge < -0.3 is 5.32 Å². The van der Waals surface area contributed by atoms with Gasteiger partial charge in [0.1, 0.15) is 0 Å². The summed E-state index contributed by atoms with van der Waals surface area (Å²) < 4.78 is 0. The molecule has 0 radical (unpaired) electrons. The van der Waals surface area contributed by atoms with Gasteiger partial charge in [-0.1, -0.05) is 20.3 Å². The maximum Gasteiger partial charge on any atom is 0.00974 e. The summed E-state index contributed by atoms with van der Waals surface area (Å²) in [4.78, 5) is 0. The number of nitrogens with one attached hydrogen (secondary N) is 2. The lowest BCUT2D eigenvalue weighted by Crippen LogP contribution is -2.28. The maximum absolute atomic E-state index is 5.17. The van der Waals surface area contributed by atoms with E-state index >= 15 is 0 Å². The first-order chi connectivity index (χ1) is 5.85. The molecule has 0 bridgehead atoms.